The van der Waals surface area contributed by atoms with Gasteiger partial charge >= 0.3 is 11.7 Å². The van der Waals surface area contributed by atoms with Crippen LogP contribution in [0, 0.1) is 0 Å². The molecular formula is C21H25N3O5S. The predicted octanol–water partition coefficient (Wildman–Crippen LogP) is 2.02. The molecule has 0 aliphatic heterocycles. The van der Waals surface area contributed by atoms with Gasteiger partial charge in [0.05, 0.1) is 18.4 Å². The number of ether oxygens (including phenoxy) is 1. The highest BCUT2D eigenvalue weighted by molar-refractivity contribution is 8.00. The van der Waals surface area contributed by atoms with Gasteiger partial charge in [0.15, 0.2) is 0 Å². The molecule has 2 aromatic rings. The Morgan fingerprint density at radius 1 is 1.23 bits per heavy atom. The third-order valence-electron chi connectivity index (χ3n) is 4.92. The van der Waals surface area contributed by atoms with E-state index in [2.05, 4.69) is 15.0 Å². The average Bonchev–Trinajstić information content (AvgIpc) is 2.77. The Morgan fingerprint density at radius 3 is 2.67 bits per heavy atom. The van der Waals surface area contributed by atoms with Gasteiger partial charge in [-0.3, -0.25) is 9.36 Å². The number of nitrogens with one attached hydrogen (secondary N) is 1. The number of hydrogen-bond donors (Lipinski definition) is 2. The highest BCUT2D eigenvalue weighted by atomic mass is 32.2. The first kappa shape index (κ1) is 22.0. The largest absolute Gasteiger partial charge is 0.465 e. The van der Waals surface area contributed by atoms with Gasteiger partial charge in [0, 0.05) is 30.1 Å². The molecule has 1 aromatic carbocycles. The Balaban J connectivity index is 1.68. The van der Waals surface area contributed by atoms with E-state index in [1.54, 1.807) is 28.8 Å². The van der Waals surface area contributed by atoms with Gasteiger partial charge in [-0.1, -0.05) is 11.8 Å². The number of aromatic nitrogens is 2. The van der Waals surface area contributed by atoms with Crippen molar-refractivity contribution in [3.05, 3.63) is 51.6 Å². The summed E-state index contributed by atoms with van der Waals surface area (Å²) in [5, 5.41) is 12.5. The Hall–Kier alpha value is -2.65. The fraction of sp³-hybridized carbons (Fsp3) is 0.429. The van der Waals surface area contributed by atoms with Gasteiger partial charge in [0.1, 0.15) is 5.03 Å². The maximum atomic E-state index is 12.5. The predicted molar refractivity (Wildman–Crippen MR) is 114 cm³/mol. The number of methoxy groups -OCH3 is 1. The van der Waals surface area contributed by atoms with Gasteiger partial charge in [-0.2, -0.15) is 4.98 Å². The van der Waals surface area contributed by atoms with E-state index in [-0.39, 0.29) is 24.0 Å². The van der Waals surface area contributed by atoms with Crippen molar-refractivity contribution in [1.82, 2.24) is 9.55 Å². The Bertz CT molecular complexity index is 972. The lowest BCUT2D eigenvalue weighted by Crippen LogP contribution is -2.30. The lowest BCUT2D eigenvalue weighted by atomic mass is 9.97. The van der Waals surface area contributed by atoms with Crippen LogP contribution in [-0.4, -0.2) is 46.0 Å². The maximum absolute atomic E-state index is 12.5. The Labute approximate surface area is 178 Å². The first-order valence-corrected chi connectivity index (χ1v) is 10.9. The molecule has 9 heteroatoms. The maximum Gasteiger partial charge on any atom is 0.348 e. The number of aliphatic hydroxyl groups excluding tert-OH is 1. The van der Waals surface area contributed by atoms with Gasteiger partial charge in [-0.05, 0) is 56.4 Å². The van der Waals surface area contributed by atoms with E-state index in [1.807, 2.05) is 0 Å². The lowest BCUT2D eigenvalue weighted by molar-refractivity contribution is -0.113. The van der Waals surface area contributed by atoms with Gasteiger partial charge in [-0.25, -0.2) is 9.59 Å². The van der Waals surface area contributed by atoms with Gasteiger partial charge < -0.3 is 15.2 Å². The van der Waals surface area contributed by atoms with Crippen LogP contribution < -0.4 is 11.0 Å². The van der Waals surface area contributed by atoms with Crippen LogP contribution in [0.3, 0.4) is 0 Å². The van der Waals surface area contributed by atoms with Crippen molar-refractivity contribution in [2.45, 2.75) is 43.7 Å². The molecule has 8 nitrogen and oxygen atoms in total. The highest BCUT2D eigenvalue weighted by Gasteiger charge is 2.21. The summed E-state index contributed by atoms with van der Waals surface area (Å²) in [6.07, 6.45) is 4.20. The van der Waals surface area contributed by atoms with Crippen LogP contribution in [0.5, 0.6) is 0 Å². The van der Waals surface area contributed by atoms with Gasteiger partial charge in [0.2, 0.25) is 5.91 Å². The average molecular weight is 432 g/mol. The van der Waals surface area contributed by atoms with E-state index in [9.17, 15) is 14.4 Å². The molecule has 30 heavy (non-hydrogen) atoms. The van der Waals surface area contributed by atoms with Crippen LogP contribution in [0.25, 0.3) is 0 Å². The monoisotopic (exact) mass is 431 g/mol. The number of aliphatic hydroxyl groups is 1. The van der Waals surface area contributed by atoms with Crippen LogP contribution in [0.1, 0.15) is 40.9 Å². The van der Waals surface area contributed by atoms with Gasteiger partial charge in [0.25, 0.3) is 0 Å². The van der Waals surface area contributed by atoms with Crippen molar-refractivity contribution in [2.75, 3.05) is 24.8 Å². The lowest BCUT2D eigenvalue weighted by Gasteiger charge is -2.22. The number of carbonyl (C=O) groups is 2. The molecule has 3 rings (SSSR count). The van der Waals surface area contributed by atoms with Crippen LogP contribution in [0.15, 0.2) is 34.1 Å². The second-order valence-corrected chi connectivity index (χ2v) is 7.93. The molecule has 0 bridgehead atoms. The molecule has 0 unspecified atom stereocenters. The fourth-order valence-electron chi connectivity index (χ4n) is 3.47. The minimum Gasteiger partial charge on any atom is -0.465 e. The number of carbonyl (C=O) groups excluding carboxylic acids is 2. The molecule has 0 saturated carbocycles. The molecule has 0 saturated heterocycles. The highest BCUT2D eigenvalue weighted by Crippen LogP contribution is 2.28. The molecule has 0 spiro atoms. The van der Waals surface area contributed by atoms with Crippen molar-refractivity contribution in [3.8, 4) is 0 Å². The number of benzene rings is 1. The number of anilines is 1. The molecule has 1 aliphatic carbocycles. The van der Waals surface area contributed by atoms with E-state index in [4.69, 9.17) is 5.11 Å². The van der Waals surface area contributed by atoms with E-state index in [0.29, 0.717) is 29.2 Å². The number of esters is 1. The van der Waals surface area contributed by atoms with Crippen LogP contribution >= 0.6 is 11.8 Å². The number of rotatable bonds is 8. The van der Waals surface area contributed by atoms with Crippen molar-refractivity contribution >= 4 is 29.3 Å². The number of amides is 1. The summed E-state index contributed by atoms with van der Waals surface area (Å²) in [4.78, 5) is 40.5. The van der Waals surface area contributed by atoms with Crippen LogP contribution in [0.2, 0.25) is 0 Å². The molecule has 1 aliphatic rings. The first-order chi connectivity index (χ1) is 14.5. The van der Waals surface area contributed by atoms with Gasteiger partial charge in [-0.15, -0.1) is 0 Å². The van der Waals surface area contributed by atoms with E-state index in [1.165, 1.54) is 18.9 Å². The molecule has 2 N–H and O–H groups in total. The topological polar surface area (TPSA) is 111 Å². The summed E-state index contributed by atoms with van der Waals surface area (Å²) in [6.45, 7) is 0.482. The Morgan fingerprint density at radius 2 is 1.97 bits per heavy atom. The minimum absolute atomic E-state index is 0.0263. The molecule has 1 amide bonds. The normalized spacial score (nSPS) is 12.9. The molecule has 0 fully saturated rings. The van der Waals surface area contributed by atoms with Crippen molar-refractivity contribution < 1.29 is 19.4 Å². The molecule has 0 radical (unpaired) electrons. The zero-order valence-corrected chi connectivity index (χ0v) is 17.7. The molecular weight excluding hydrogens is 406 g/mol. The molecule has 1 aromatic heterocycles. The third-order valence-corrected chi connectivity index (χ3v) is 5.94. The smallest absolute Gasteiger partial charge is 0.348 e. The van der Waals surface area contributed by atoms with E-state index in [0.717, 1.165) is 36.9 Å². The van der Waals surface area contributed by atoms with Crippen molar-refractivity contribution in [1.29, 1.82) is 0 Å². The zero-order chi connectivity index (χ0) is 21.5. The van der Waals surface area contributed by atoms with Crippen molar-refractivity contribution in [3.63, 3.8) is 0 Å². The van der Waals surface area contributed by atoms with E-state index >= 15 is 0 Å². The Kier molecular flexibility index (Phi) is 7.64. The zero-order valence-electron chi connectivity index (χ0n) is 16.8. The minimum atomic E-state index is -0.437. The first-order valence-electron chi connectivity index (χ1n) is 9.88. The quantitative estimate of drug-likeness (QED) is 0.374. The fourth-order valence-corrected chi connectivity index (χ4v) is 4.34. The second-order valence-electron chi connectivity index (χ2n) is 6.97. The summed E-state index contributed by atoms with van der Waals surface area (Å²) in [5.41, 5.74) is 2.67. The number of fused-ring (bicyclic) bond motifs is 1. The molecule has 160 valence electrons. The summed E-state index contributed by atoms with van der Waals surface area (Å²) in [7, 11) is 1.31. The molecule has 0 atom stereocenters. The summed E-state index contributed by atoms with van der Waals surface area (Å²) in [5.74, 6) is -0.534. The second kappa shape index (κ2) is 10.4. The molecule has 1 heterocycles. The third kappa shape index (κ3) is 5.28. The summed E-state index contributed by atoms with van der Waals surface area (Å²) >= 11 is 1.26. The van der Waals surface area contributed by atoms with Crippen molar-refractivity contribution in [2.24, 2.45) is 0 Å². The SMILES string of the molecule is COC(=O)c1ccc(NC(=O)CSc2nc(=O)n(CCCO)c3c2CCCC3)cc1. The summed E-state index contributed by atoms with van der Waals surface area (Å²) in [6, 6.07) is 6.44. The van der Waals surface area contributed by atoms with Crippen LogP contribution in [-0.2, 0) is 28.9 Å². The standard InChI is InChI=1S/C21H25N3O5S/c1-29-20(27)14-7-9-15(10-8-14)22-18(26)13-30-19-16-5-2-3-6-17(16)24(11-4-12-25)21(28)23-19/h7-10,25H,2-6,11-13H2,1H3,(H,22,26). The number of thioether (sulfide) groups is 1. The summed E-state index contributed by atoms with van der Waals surface area (Å²) < 4.78 is 6.32. The number of nitrogens with zero attached hydrogens (tertiary/aromatic N) is 2. The number of hydrogen-bond acceptors (Lipinski definition) is 7. The van der Waals surface area contributed by atoms with Crippen LogP contribution in [0.4, 0.5) is 5.69 Å². The van der Waals surface area contributed by atoms with E-state index < -0.39 is 5.97 Å².